The first-order valence-corrected chi connectivity index (χ1v) is 7.63. The largest absolute Gasteiger partial charge is 0.227 e. The molecule has 2 aromatic heterocycles. The number of aromatic nitrogens is 1. The summed E-state index contributed by atoms with van der Waals surface area (Å²) in [6.45, 7) is 0. The molecular weight excluding hydrogens is 266 g/mol. The van der Waals surface area contributed by atoms with Gasteiger partial charge in [0, 0.05) is 17.5 Å². The van der Waals surface area contributed by atoms with Crippen LogP contribution in [0.25, 0.3) is 48.6 Å². The lowest BCUT2D eigenvalue weighted by Crippen LogP contribution is -2.21. The Hall–Kier alpha value is -2.93. The predicted molar refractivity (Wildman–Crippen MR) is 92.0 cm³/mol. The number of rotatable bonds is 0. The Morgan fingerprint density at radius 1 is 0.500 bits per heavy atom. The Balaban J connectivity index is 2.21. The molecule has 0 radical (unpaired) electrons. The van der Waals surface area contributed by atoms with Crippen molar-refractivity contribution in [1.82, 2.24) is 0 Å². The smallest absolute Gasteiger partial charge is 0.166 e. The van der Waals surface area contributed by atoms with Gasteiger partial charge in [0.05, 0.1) is 10.8 Å². The Kier molecular flexibility index (Phi) is 1.69. The molecule has 6 rings (SSSR count). The van der Waals surface area contributed by atoms with Gasteiger partial charge >= 0.3 is 0 Å². The monoisotopic (exact) mass is 278 g/mol. The van der Waals surface area contributed by atoms with Crippen molar-refractivity contribution >= 4 is 48.6 Å². The molecule has 2 heterocycles. The third kappa shape index (κ3) is 1.07. The zero-order valence-corrected chi connectivity index (χ0v) is 11.9. The molecule has 4 aromatic carbocycles. The second kappa shape index (κ2) is 3.45. The second-order valence-corrected chi connectivity index (χ2v) is 6.09. The van der Waals surface area contributed by atoms with Gasteiger partial charge in [-0.3, -0.25) is 0 Å². The summed E-state index contributed by atoms with van der Waals surface area (Å²) in [5, 5.41) is 10.8. The van der Waals surface area contributed by atoms with E-state index in [4.69, 9.17) is 0 Å². The van der Waals surface area contributed by atoms with E-state index in [0.29, 0.717) is 0 Å². The van der Waals surface area contributed by atoms with Gasteiger partial charge in [0.15, 0.2) is 12.4 Å². The topological polar surface area (TPSA) is 4.10 Å². The molecular formula is C21H12N+. The van der Waals surface area contributed by atoms with Crippen LogP contribution in [0.15, 0.2) is 73.1 Å². The SMILES string of the molecule is c1cc2ccc3cc[n+]4ccc5cccc6c(c1)c2c3c4c56. The van der Waals surface area contributed by atoms with Crippen LogP contribution >= 0.6 is 0 Å². The molecule has 0 fully saturated rings. The Bertz CT molecular complexity index is 1200. The molecule has 0 amide bonds. The molecule has 1 heteroatoms. The number of pyridine rings is 2. The highest BCUT2D eigenvalue weighted by atomic mass is 14.8. The molecule has 0 bridgehead atoms. The van der Waals surface area contributed by atoms with Crippen LogP contribution in [-0.2, 0) is 0 Å². The molecule has 0 saturated heterocycles. The van der Waals surface area contributed by atoms with E-state index in [0.717, 1.165) is 0 Å². The molecule has 0 aliphatic rings. The minimum atomic E-state index is 1.32. The van der Waals surface area contributed by atoms with Crippen molar-refractivity contribution in [3.8, 4) is 0 Å². The number of benzene rings is 4. The molecule has 0 spiro atoms. The highest BCUT2D eigenvalue weighted by Crippen LogP contribution is 2.40. The van der Waals surface area contributed by atoms with Crippen molar-refractivity contribution in [1.29, 1.82) is 0 Å². The maximum absolute atomic E-state index is 2.27. The summed E-state index contributed by atoms with van der Waals surface area (Å²) in [7, 11) is 0. The van der Waals surface area contributed by atoms with E-state index in [1.807, 2.05) is 0 Å². The van der Waals surface area contributed by atoms with Crippen LogP contribution in [0.5, 0.6) is 0 Å². The molecule has 0 aliphatic heterocycles. The van der Waals surface area contributed by atoms with Gasteiger partial charge in [-0.05, 0) is 26.9 Å². The minimum absolute atomic E-state index is 1.32. The van der Waals surface area contributed by atoms with E-state index in [2.05, 4.69) is 77.5 Å². The first-order valence-electron chi connectivity index (χ1n) is 7.63. The molecule has 0 atom stereocenters. The zero-order valence-electron chi connectivity index (χ0n) is 11.9. The second-order valence-electron chi connectivity index (χ2n) is 6.09. The van der Waals surface area contributed by atoms with Gasteiger partial charge in [0.25, 0.3) is 0 Å². The average molecular weight is 278 g/mol. The van der Waals surface area contributed by atoms with Crippen molar-refractivity contribution in [2.75, 3.05) is 0 Å². The van der Waals surface area contributed by atoms with E-state index in [-0.39, 0.29) is 0 Å². The maximum Gasteiger partial charge on any atom is 0.227 e. The summed E-state index contributed by atoms with van der Waals surface area (Å²) in [4.78, 5) is 0. The molecule has 22 heavy (non-hydrogen) atoms. The van der Waals surface area contributed by atoms with E-state index < -0.39 is 0 Å². The first-order chi connectivity index (χ1) is 10.9. The molecule has 6 aromatic rings. The Labute approximate surface area is 126 Å². The van der Waals surface area contributed by atoms with E-state index in [1.165, 1.54) is 48.6 Å². The van der Waals surface area contributed by atoms with Gasteiger partial charge < -0.3 is 0 Å². The lowest BCUT2D eigenvalue weighted by molar-refractivity contribution is -0.509. The summed E-state index contributed by atoms with van der Waals surface area (Å²) in [6, 6.07) is 22.2. The van der Waals surface area contributed by atoms with Crippen LogP contribution in [0.3, 0.4) is 0 Å². The van der Waals surface area contributed by atoms with Crippen molar-refractivity contribution in [2.45, 2.75) is 0 Å². The van der Waals surface area contributed by atoms with Crippen molar-refractivity contribution in [3.63, 3.8) is 0 Å². The van der Waals surface area contributed by atoms with Crippen LogP contribution in [0.4, 0.5) is 0 Å². The summed E-state index contributed by atoms with van der Waals surface area (Å²) in [5.74, 6) is 0. The number of hydrogen-bond donors (Lipinski definition) is 0. The Morgan fingerprint density at radius 2 is 1.09 bits per heavy atom. The number of hydrogen-bond acceptors (Lipinski definition) is 0. The summed E-state index contributed by atoms with van der Waals surface area (Å²) < 4.78 is 2.27. The third-order valence-electron chi connectivity index (χ3n) is 5.03. The van der Waals surface area contributed by atoms with Gasteiger partial charge in [0.2, 0.25) is 5.52 Å². The molecule has 0 saturated carbocycles. The summed E-state index contributed by atoms with van der Waals surface area (Å²) in [5.41, 5.74) is 1.34. The Morgan fingerprint density at radius 3 is 1.82 bits per heavy atom. The lowest BCUT2D eigenvalue weighted by Gasteiger charge is -2.13. The molecule has 100 valence electrons. The zero-order chi connectivity index (χ0) is 14.3. The van der Waals surface area contributed by atoms with Crippen LogP contribution in [0.1, 0.15) is 0 Å². The van der Waals surface area contributed by atoms with Crippen LogP contribution in [0, 0.1) is 0 Å². The fourth-order valence-corrected chi connectivity index (χ4v) is 4.11. The van der Waals surface area contributed by atoms with Crippen molar-refractivity contribution in [2.24, 2.45) is 0 Å². The van der Waals surface area contributed by atoms with Gasteiger partial charge in [-0.2, -0.15) is 4.40 Å². The first kappa shape index (κ1) is 10.7. The quantitative estimate of drug-likeness (QED) is 0.211. The van der Waals surface area contributed by atoms with Gasteiger partial charge in [-0.15, -0.1) is 0 Å². The van der Waals surface area contributed by atoms with E-state index >= 15 is 0 Å². The van der Waals surface area contributed by atoms with Crippen LogP contribution < -0.4 is 4.40 Å². The van der Waals surface area contributed by atoms with Gasteiger partial charge in [-0.25, -0.2) is 0 Å². The van der Waals surface area contributed by atoms with Gasteiger partial charge in [-0.1, -0.05) is 48.5 Å². The molecule has 0 aliphatic carbocycles. The fourth-order valence-electron chi connectivity index (χ4n) is 4.11. The van der Waals surface area contributed by atoms with Crippen molar-refractivity contribution in [3.05, 3.63) is 73.1 Å². The standard InChI is InChI=1S/C21H12N/c1-3-13-7-8-15-10-12-22-11-9-14-4-2-6-17-16(5-1)18(13)20(15)21(22)19(14)17/h1-12H/q+1. The third-order valence-corrected chi connectivity index (χ3v) is 5.03. The van der Waals surface area contributed by atoms with E-state index in [9.17, 15) is 0 Å². The van der Waals surface area contributed by atoms with E-state index in [1.54, 1.807) is 0 Å². The molecule has 0 unspecified atom stereocenters. The molecule has 0 N–H and O–H groups in total. The number of nitrogens with zero attached hydrogens (tertiary/aromatic N) is 1. The summed E-state index contributed by atoms with van der Waals surface area (Å²) in [6.07, 6.45) is 4.35. The van der Waals surface area contributed by atoms with Gasteiger partial charge in [0.1, 0.15) is 0 Å². The van der Waals surface area contributed by atoms with Crippen LogP contribution in [-0.4, -0.2) is 0 Å². The number of fused-ring (bicyclic) bond motifs is 1. The summed E-state index contributed by atoms with van der Waals surface area (Å²) >= 11 is 0. The maximum atomic E-state index is 2.27. The highest BCUT2D eigenvalue weighted by Gasteiger charge is 2.20. The highest BCUT2D eigenvalue weighted by molar-refractivity contribution is 6.34. The van der Waals surface area contributed by atoms with Crippen LogP contribution in [0.2, 0.25) is 0 Å². The lowest BCUT2D eigenvalue weighted by atomic mass is 9.90. The fraction of sp³-hybridized carbons (Fsp3) is 0. The molecule has 1 nitrogen and oxygen atoms in total. The predicted octanol–water partition coefficient (Wildman–Crippen LogP) is 4.91. The normalized spacial score (nSPS) is 12.5. The van der Waals surface area contributed by atoms with Crippen molar-refractivity contribution < 1.29 is 4.40 Å². The average Bonchev–Trinajstić information content (AvgIpc) is 2.59. The minimum Gasteiger partial charge on any atom is -0.166 e.